The molecule has 4 aromatic rings. The van der Waals surface area contributed by atoms with Crippen molar-refractivity contribution < 1.29 is 38.6 Å². The molecule has 0 spiro atoms. The molecule has 0 radical (unpaired) electrons. The highest BCUT2D eigenvalue weighted by atomic mass is 16.5. The van der Waals surface area contributed by atoms with Gasteiger partial charge in [-0.05, 0) is 90.3 Å². The number of likely N-dealkylation sites (tertiary alicyclic amines) is 1. The minimum atomic E-state index is -1.16. The monoisotopic (exact) mass is 865 g/mol. The van der Waals surface area contributed by atoms with Crippen molar-refractivity contribution in [1.29, 1.82) is 0 Å². The molecule has 3 N–H and O–H groups in total. The zero-order valence-electron chi connectivity index (χ0n) is 37.4. The fraction of sp³-hybridized carbons (Fsp3) is 0.511. The Labute approximate surface area is 368 Å². The van der Waals surface area contributed by atoms with Gasteiger partial charge in [-0.1, -0.05) is 39.8 Å². The normalized spacial score (nSPS) is 20.9. The Hall–Kier alpha value is -5.87. The molecule has 3 amide bonds. The Morgan fingerprint density at radius 3 is 2.65 bits per heavy atom. The number of cyclic esters (lactones) is 1. The van der Waals surface area contributed by atoms with Crippen LogP contribution in [-0.4, -0.2) is 123 Å². The lowest BCUT2D eigenvalue weighted by molar-refractivity contribution is -0.732. The number of fused-ring (bicyclic) bond motifs is 6. The number of hydrogen-bond donors (Lipinski definition) is 3. The van der Waals surface area contributed by atoms with Crippen molar-refractivity contribution in [3.63, 3.8) is 0 Å². The molecular formula is C47H61N8O8+. The summed E-state index contributed by atoms with van der Waals surface area (Å²) in [7, 11) is 3.22. The molecule has 6 bridgehead atoms. The number of carbonyl (C=O) groups is 4. The van der Waals surface area contributed by atoms with Crippen molar-refractivity contribution in [3.05, 3.63) is 76.5 Å². The second-order valence-corrected chi connectivity index (χ2v) is 18.3. The Morgan fingerprint density at radius 2 is 1.94 bits per heavy atom. The van der Waals surface area contributed by atoms with Crippen LogP contribution in [0.15, 0.2) is 54.9 Å². The van der Waals surface area contributed by atoms with Crippen LogP contribution in [-0.2, 0) is 54.6 Å². The Bertz CT molecular complexity index is 2380. The summed E-state index contributed by atoms with van der Waals surface area (Å²) in [6.45, 7) is 12.0. The Balaban J connectivity index is 1.32. The number of hydrazine groups is 2. The molecule has 2 aromatic heterocycles. The third-order valence-electron chi connectivity index (χ3n) is 12.6. The maximum atomic E-state index is 14.6. The number of likely N-dealkylation sites (N-methyl/N-ethyl adjacent to an activating group) is 1. The van der Waals surface area contributed by atoms with Crippen LogP contribution in [0.5, 0.6) is 5.75 Å². The predicted molar refractivity (Wildman–Crippen MR) is 237 cm³/mol. The summed E-state index contributed by atoms with van der Waals surface area (Å²) in [5.74, 6) is -1.85. The lowest BCUT2D eigenvalue weighted by Crippen LogP contribution is -2.62. The molecule has 7 rings (SSSR count). The van der Waals surface area contributed by atoms with Crippen LogP contribution in [0.2, 0.25) is 0 Å². The first-order valence-corrected chi connectivity index (χ1v) is 22.0. The van der Waals surface area contributed by atoms with Gasteiger partial charge in [0, 0.05) is 73.9 Å². The van der Waals surface area contributed by atoms with Gasteiger partial charge < -0.3 is 29.4 Å². The molecule has 63 heavy (non-hydrogen) atoms. The third kappa shape index (κ3) is 9.56. The number of ether oxygens (including phenoxy) is 2. The first kappa shape index (κ1) is 45.2. The van der Waals surface area contributed by atoms with Crippen LogP contribution < -0.4 is 10.7 Å². The average Bonchev–Trinajstić information content (AvgIpc) is 3.87. The molecule has 2 aromatic carbocycles. The SMILES string of the molecule is CCn1c(-c2cnccc2COC)c2c3cc(ccc31)-c1cc(O)cc(c1)C[C@H](NC(=O)[C@H](C(C)C)N(C)[N+](=O)[C@H]1CCN(C=O)C1)C(=O)N1CCC[C@H](N1)C(=O)OCC(C)(C)C2. The topological polar surface area (TPSA) is 179 Å². The van der Waals surface area contributed by atoms with Crippen LogP contribution in [0, 0.1) is 16.2 Å². The second-order valence-electron chi connectivity index (χ2n) is 18.3. The van der Waals surface area contributed by atoms with Crippen LogP contribution in [0.25, 0.3) is 33.3 Å². The van der Waals surface area contributed by atoms with E-state index >= 15 is 0 Å². The number of aromatic hydroxyl groups is 1. The number of aromatic nitrogens is 2. The van der Waals surface area contributed by atoms with Gasteiger partial charge in [0.2, 0.25) is 12.3 Å². The zero-order chi connectivity index (χ0) is 45.2. The number of rotatable bonds is 11. The minimum absolute atomic E-state index is 0.00681. The Kier molecular flexibility index (Phi) is 13.5. The van der Waals surface area contributed by atoms with E-state index in [0.717, 1.165) is 55.7 Å². The van der Waals surface area contributed by atoms with E-state index in [1.165, 1.54) is 14.9 Å². The van der Waals surface area contributed by atoms with Crippen LogP contribution in [0.4, 0.5) is 0 Å². The van der Waals surface area contributed by atoms with Crippen molar-refractivity contribution in [2.75, 3.05) is 40.4 Å². The first-order chi connectivity index (χ1) is 30.1. The van der Waals surface area contributed by atoms with Gasteiger partial charge in [0.25, 0.3) is 11.9 Å². The number of nitroso groups, excluding NO2 is 1. The number of pyridine rings is 1. The van der Waals surface area contributed by atoms with E-state index in [1.807, 2.05) is 38.2 Å². The van der Waals surface area contributed by atoms with E-state index in [-0.39, 0.29) is 37.8 Å². The van der Waals surface area contributed by atoms with Crippen molar-refractivity contribution in [3.8, 4) is 28.1 Å². The van der Waals surface area contributed by atoms with E-state index in [0.29, 0.717) is 50.9 Å². The molecule has 16 nitrogen and oxygen atoms in total. The van der Waals surface area contributed by atoms with Gasteiger partial charge in [-0.25, -0.2) is 5.43 Å². The Morgan fingerprint density at radius 1 is 1.14 bits per heavy atom. The van der Waals surface area contributed by atoms with Crippen LogP contribution in [0.1, 0.15) is 70.6 Å². The number of esters is 1. The summed E-state index contributed by atoms with van der Waals surface area (Å²) < 4.78 is 14.0. The lowest BCUT2D eigenvalue weighted by atomic mass is 9.84. The summed E-state index contributed by atoms with van der Waals surface area (Å²) >= 11 is 0. The van der Waals surface area contributed by atoms with Gasteiger partial charge in [0.1, 0.15) is 22.7 Å². The molecule has 2 fully saturated rings. The number of amides is 3. The highest BCUT2D eigenvalue weighted by Gasteiger charge is 2.44. The number of phenols is 1. The van der Waals surface area contributed by atoms with E-state index in [2.05, 4.69) is 53.2 Å². The van der Waals surface area contributed by atoms with Gasteiger partial charge in [0.15, 0.2) is 6.04 Å². The predicted octanol–water partition coefficient (Wildman–Crippen LogP) is 4.77. The first-order valence-electron chi connectivity index (χ1n) is 22.0. The van der Waals surface area contributed by atoms with Crippen molar-refractivity contribution >= 4 is 35.1 Å². The largest absolute Gasteiger partial charge is 0.508 e. The summed E-state index contributed by atoms with van der Waals surface area (Å²) in [6, 6.07) is 9.93. The molecule has 3 aliphatic rings. The van der Waals surface area contributed by atoms with E-state index in [1.54, 1.807) is 32.5 Å². The number of methoxy groups -OCH3 is 1. The zero-order valence-corrected chi connectivity index (χ0v) is 37.4. The molecule has 0 aliphatic carbocycles. The summed E-state index contributed by atoms with van der Waals surface area (Å²) in [6.07, 6.45) is 6.31. The smallest absolute Gasteiger partial charge is 0.324 e. The van der Waals surface area contributed by atoms with Crippen molar-refractivity contribution in [2.24, 2.45) is 11.3 Å². The molecule has 5 heterocycles. The van der Waals surface area contributed by atoms with Crippen LogP contribution >= 0.6 is 0 Å². The number of phenolic OH excluding ortho intramolecular Hbond substituents is 1. The number of nitrogens with zero attached hydrogens (tertiary/aromatic N) is 6. The van der Waals surface area contributed by atoms with E-state index in [9.17, 15) is 29.2 Å². The summed E-state index contributed by atoms with van der Waals surface area (Å²) in [5, 5.41) is 18.0. The highest BCUT2D eigenvalue weighted by molar-refractivity contribution is 5.95. The molecule has 16 heteroatoms. The second kappa shape index (κ2) is 18.9. The van der Waals surface area contributed by atoms with Gasteiger partial charge >= 0.3 is 5.97 Å². The van der Waals surface area contributed by atoms with Gasteiger partial charge in [0.05, 0.1) is 37.4 Å². The number of benzene rings is 2. The molecule has 2 saturated heterocycles. The lowest BCUT2D eigenvalue weighted by Gasteiger charge is -2.36. The maximum absolute atomic E-state index is 14.6. The molecule has 0 unspecified atom stereocenters. The number of carbonyl (C=O) groups excluding carboxylic acids is 4. The molecule has 336 valence electrons. The molecule has 4 atom stereocenters. The highest BCUT2D eigenvalue weighted by Crippen LogP contribution is 2.41. The van der Waals surface area contributed by atoms with Crippen molar-refractivity contribution in [1.82, 2.24) is 35.2 Å². The van der Waals surface area contributed by atoms with Crippen molar-refractivity contribution in [2.45, 2.75) is 104 Å². The summed E-state index contributed by atoms with van der Waals surface area (Å²) in [4.78, 5) is 74.7. The fourth-order valence-corrected chi connectivity index (χ4v) is 9.52. The van der Waals surface area contributed by atoms with E-state index in [4.69, 9.17) is 9.47 Å². The van der Waals surface area contributed by atoms with Gasteiger partial charge in [-0.15, -0.1) is 5.01 Å². The van der Waals surface area contributed by atoms with E-state index < -0.39 is 47.4 Å². The van der Waals surface area contributed by atoms with Crippen LogP contribution in [0.3, 0.4) is 0 Å². The summed E-state index contributed by atoms with van der Waals surface area (Å²) in [5.41, 5.74) is 9.73. The number of nitrogens with one attached hydrogen (secondary N) is 2. The quantitative estimate of drug-likeness (QED) is 0.0819. The fourth-order valence-electron chi connectivity index (χ4n) is 9.52. The average molecular weight is 866 g/mol. The number of aryl methyl sites for hydroxylation is 1. The third-order valence-corrected chi connectivity index (χ3v) is 12.6. The molecule has 0 saturated carbocycles. The maximum Gasteiger partial charge on any atom is 0.324 e. The van der Waals surface area contributed by atoms with Gasteiger partial charge in [-0.2, -0.15) is 0 Å². The van der Waals surface area contributed by atoms with Gasteiger partial charge in [-0.3, -0.25) is 29.2 Å². The number of hydrogen-bond acceptors (Lipinski definition) is 10. The minimum Gasteiger partial charge on any atom is -0.508 e. The molecular weight excluding hydrogens is 805 g/mol. The molecule has 3 aliphatic heterocycles. The standard InChI is InChI=1S/C47H60N8O8/c1-8-53-41-12-11-31-22-36(41)37(43(53)38-24-48-15-13-32(38)26-62-7)23-47(4,5)27-63-46(60)39-10-9-16-54(50-39)45(59)40(20-30-18-33(31)21-35(57)19-30)49-44(58)42(29(2)3)51(6)55(61)34-14-17-52(25-34)28-56/h11-13,15,18-19,21-22,24,28-29,34,39-40,42,50H,8-10,14,16-17,20,23,25-27H2,1-7H3,(H-,49,57,58)/p+1/t34-,39-,40-,42-/m0/s1.